The summed E-state index contributed by atoms with van der Waals surface area (Å²) < 4.78 is 26.7. The molecule has 5 nitrogen and oxygen atoms in total. The van der Waals surface area contributed by atoms with E-state index in [9.17, 15) is 8.42 Å². The highest BCUT2D eigenvalue weighted by molar-refractivity contribution is 7.88. The van der Waals surface area contributed by atoms with Crippen molar-refractivity contribution >= 4 is 10.0 Å². The van der Waals surface area contributed by atoms with Crippen molar-refractivity contribution in [1.82, 2.24) is 9.62 Å². The van der Waals surface area contributed by atoms with Gasteiger partial charge in [0.25, 0.3) is 0 Å². The van der Waals surface area contributed by atoms with Crippen LogP contribution in [0.1, 0.15) is 30.9 Å². The first-order valence-corrected chi connectivity index (χ1v) is 9.09. The maximum atomic E-state index is 12.0. The second-order valence-electron chi connectivity index (χ2n) is 5.49. The number of aliphatic hydroxyl groups excluding tert-OH is 1. The molecule has 1 fully saturated rings. The van der Waals surface area contributed by atoms with Crippen LogP contribution in [0.3, 0.4) is 0 Å². The molecule has 0 radical (unpaired) electrons. The Labute approximate surface area is 127 Å². The van der Waals surface area contributed by atoms with Crippen LogP contribution < -0.4 is 4.72 Å². The van der Waals surface area contributed by atoms with Crippen LogP contribution in [0.5, 0.6) is 0 Å². The molecule has 1 aliphatic rings. The summed E-state index contributed by atoms with van der Waals surface area (Å²) in [4.78, 5) is 2.32. The molecule has 21 heavy (non-hydrogen) atoms. The third kappa shape index (κ3) is 5.39. The van der Waals surface area contributed by atoms with Crippen molar-refractivity contribution in [2.75, 3.05) is 19.6 Å². The Morgan fingerprint density at radius 1 is 1.24 bits per heavy atom. The summed E-state index contributed by atoms with van der Waals surface area (Å²) >= 11 is 0. The van der Waals surface area contributed by atoms with Gasteiger partial charge in [0, 0.05) is 19.1 Å². The first-order chi connectivity index (χ1) is 10.0. The molecule has 0 aliphatic heterocycles. The van der Waals surface area contributed by atoms with Gasteiger partial charge in [0.05, 0.1) is 12.4 Å². The molecule has 118 valence electrons. The lowest BCUT2D eigenvalue weighted by Gasteiger charge is -2.19. The second kappa shape index (κ2) is 7.35. The summed E-state index contributed by atoms with van der Waals surface area (Å²) in [6.07, 6.45) is 2.47. The molecule has 0 atom stereocenters. The molecule has 1 saturated carbocycles. The number of likely N-dealkylation sites (N-methyl/N-ethyl adjacent to an activating group) is 1. The van der Waals surface area contributed by atoms with Crippen molar-refractivity contribution in [3.05, 3.63) is 35.4 Å². The normalized spacial score (nSPS) is 15.6. The molecule has 1 aromatic rings. The van der Waals surface area contributed by atoms with Crippen LogP contribution in [-0.2, 0) is 22.4 Å². The Hall–Kier alpha value is -0.950. The Morgan fingerprint density at radius 2 is 1.86 bits per heavy atom. The molecule has 6 heteroatoms. The molecule has 0 spiro atoms. The van der Waals surface area contributed by atoms with Gasteiger partial charge < -0.3 is 5.11 Å². The molecule has 1 aliphatic carbocycles. The monoisotopic (exact) mass is 312 g/mol. The van der Waals surface area contributed by atoms with E-state index in [2.05, 4.69) is 16.5 Å². The minimum atomic E-state index is -3.30. The molecule has 0 aromatic heterocycles. The minimum absolute atomic E-state index is 0.0196. The Kier molecular flexibility index (Phi) is 5.75. The van der Waals surface area contributed by atoms with E-state index in [4.69, 9.17) is 5.11 Å². The van der Waals surface area contributed by atoms with Crippen LogP contribution in [0.4, 0.5) is 0 Å². The first kappa shape index (κ1) is 16.4. The topological polar surface area (TPSA) is 69.6 Å². The highest BCUT2D eigenvalue weighted by Crippen LogP contribution is 2.25. The van der Waals surface area contributed by atoms with Crippen LogP contribution >= 0.6 is 0 Å². The van der Waals surface area contributed by atoms with Gasteiger partial charge in [-0.1, -0.05) is 31.2 Å². The van der Waals surface area contributed by atoms with E-state index in [0.29, 0.717) is 12.6 Å². The van der Waals surface area contributed by atoms with Crippen LogP contribution in [0, 0.1) is 0 Å². The largest absolute Gasteiger partial charge is 0.392 e. The predicted octanol–water partition coefficient (Wildman–Crippen LogP) is 1.08. The molecule has 0 heterocycles. The lowest BCUT2D eigenvalue weighted by Crippen LogP contribution is -2.36. The van der Waals surface area contributed by atoms with Crippen molar-refractivity contribution in [1.29, 1.82) is 0 Å². The fraction of sp³-hybridized carbons (Fsp3) is 0.600. The van der Waals surface area contributed by atoms with E-state index in [1.54, 1.807) is 24.3 Å². The average Bonchev–Trinajstić information content (AvgIpc) is 3.28. The van der Waals surface area contributed by atoms with Gasteiger partial charge in [0.1, 0.15) is 0 Å². The standard InChI is InChI=1S/C15H24N2O3S/c1-2-17(15-7-8-15)10-9-16-21(19,20)12-14-5-3-13(11-18)4-6-14/h3-6,15-16,18H,2,7-12H2,1H3. The van der Waals surface area contributed by atoms with Crippen molar-refractivity contribution in [3.8, 4) is 0 Å². The molecule has 0 bridgehead atoms. The number of hydrogen-bond donors (Lipinski definition) is 2. The number of hydrogen-bond acceptors (Lipinski definition) is 4. The first-order valence-electron chi connectivity index (χ1n) is 7.44. The van der Waals surface area contributed by atoms with Gasteiger partial charge in [-0.15, -0.1) is 0 Å². The van der Waals surface area contributed by atoms with Gasteiger partial charge in [0.2, 0.25) is 10.0 Å². The van der Waals surface area contributed by atoms with E-state index in [-0.39, 0.29) is 12.4 Å². The summed E-state index contributed by atoms with van der Waals surface area (Å²) in [7, 11) is -3.30. The molecular weight excluding hydrogens is 288 g/mol. The van der Waals surface area contributed by atoms with Crippen molar-refractivity contribution in [2.45, 2.75) is 38.2 Å². The maximum Gasteiger partial charge on any atom is 0.215 e. The van der Waals surface area contributed by atoms with Crippen LogP contribution in [0.2, 0.25) is 0 Å². The van der Waals surface area contributed by atoms with E-state index in [1.165, 1.54) is 12.8 Å². The summed E-state index contributed by atoms with van der Waals surface area (Å²) in [6, 6.07) is 7.64. The zero-order chi connectivity index (χ0) is 15.3. The molecule has 0 unspecified atom stereocenters. The summed E-state index contributed by atoms with van der Waals surface area (Å²) in [6.45, 7) is 4.27. The number of nitrogens with one attached hydrogen (secondary N) is 1. The number of aliphatic hydroxyl groups is 1. The van der Waals surface area contributed by atoms with Crippen molar-refractivity contribution in [2.24, 2.45) is 0 Å². The van der Waals surface area contributed by atoms with Crippen molar-refractivity contribution < 1.29 is 13.5 Å². The zero-order valence-electron chi connectivity index (χ0n) is 12.5. The van der Waals surface area contributed by atoms with Gasteiger partial charge in [0.15, 0.2) is 0 Å². The third-order valence-electron chi connectivity index (χ3n) is 3.75. The van der Waals surface area contributed by atoms with Gasteiger partial charge >= 0.3 is 0 Å². The SMILES string of the molecule is CCN(CCNS(=O)(=O)Cc1ccc(CO)cc1)C1CC1. The van der Waals surface area contributed by atoms with Crippen LogP contribution in [0.25, 0.3) is 0 Å². The fourth-order valence-corrected chi connectivity index (χ4v) is 3.53. The molecule has 2 N–H and O–H groups in total. The number of sulfonamides is 1. The van der Waals surface area contributed by atoms with Crippen LogP contribution in [0.15, 0.2) is 24.3 Å². The van der Waals surface area contributed by atoms with E-state index >= 15 is 0 Å². The molecule has 0 amide bonds. The quantitative estimate of drug-likeness (QED) is 0.716. The smallest absolute Gasteiger partial charge is 0.215 e. The van der Waals surface area contributed by atoms with Crippen molar-refractivity contribution in [3.63, 3.8) is 0 Å². The third-order valence-corrected chi connectivity index (χ3v) is 5.11. The summed E-state index contributed by atoms with van der Waals surface area (Å²) in [5, 5.41) is 8.97. The van der Waals surface area contributed by atoms with Gasteiger partial charge in [-0.3, -0.25) is 4.90 Å². The Morgan fingerprint density at radius 3 is 2.38 bits per heavy atom. The fourth-order valence-electron chi connectivity index (χ4n) is 2.39. The molecule has 1 aromatic carbocycles. The maximum absolute atomic E-state index is 12.0. The molecule has 2 rings (SSSR count). The Bertz CT molecular complexity index is 539. The number of nitrogens with zero attached hydrogens (tertiary/aromatic N) is 1. The molecule has 0 saturated heterocycles. The lowest BCUT2D eigenvalue weighted by atomic mass is 10.2. The Balaban J connectivity index is 1.80. The number of rotatable bonds is 9. The minimum Gasteiger partial charge on any atom is -0.392 e. The highest BCUT2D eigenvalue weighted by atomic mass is 32.2. The predicted molar refractivity (Wildman–Crippen MR) is 83.3 cm³/mol. The second-order valence-corrected chi connectivity index (χ2v) is 7.29. The molecular formula is C15H24N2O3S. The summed E-state index contributed by atoms with van der Waals surface area (Å²) in [5.41, 5.74) is 1.52. The van der Waals surface area contributed by atoms with Gasteiger partial charge in [-0.2, -0.15) is 0 Å². The van der Waals surface area contributed by atoms with Crippen LogP contribution in [-0.4, -0.2) is 44.1 Å². The summed E-state index contributed by atoms with van der Waals surface area (Å²) in [5.74, 6) is -0.0196. The van der Waals surface area contributed by atoms with E-state index < -0.39 is 10.0 Å². The van der Waals surface area contributed by atoms with E-state index in [0.717, 1.165) is 24.2 Å². The highest BCUT2D eigenvalue weighted by Gasteiger charge is 2.27. The average molecular weight is 312 g/mol. The van der Waals surface area contributed by atoms with Gasteiger partial charge in [-0.25, -0.2) is 13.1 Å². The van der Waals surface area contributed by atoms with E-state index in [1.807, 2.05) is 0 Å². The zero-order valence-corrected chi connectivity index (χ0v) is 13.3. The lowest BCUT2D eigenvalue weighted by molar-refractivity contribution is 0.282. The number of benzene rings is 1. The van der Waals surface area contributed by atoms with Gasteiger partial charge in [-0.05, 0) is 30.5 Å².